The standard InChI is InChI=1S/C19H23IO7/c1-22-13-9-17(26-5)15(24-3)7-11(13)19(20,21)12-8-16(25-4)18(27-6)10-14(12)23-2/h7-10,21H,1-6H3. The van der Waals surface area contributed by atoms with Crippen LogP contribution in [-0.4, -0.2) is 47.8 Å². The van der Waals surface area contributed by atoms with Crippen LogP contribution < -0.4 is 28.4 Å². The van der Waals surface area contributed by atoms with E-state index in [4.69, 9.17) is 28.4 Å². The zero-order chi connectivity index (χ0) is 20.2. The number of alkyl halides is 1. The van der Waals surface area contributed by atoms with Gasteiger partial charge in [-0.15, -0.1) is 0 Å². The van der Waals surface area contributed by atoms with Crippen LogP contribution in [0, 0.1) is 0 Å². The molecule has 0 spiro atoms. The van der Waals surface area contributed by atoms with Gasteiger partial charge in [-0.25, -0.2) is 0 Å². The molecule has 0 saturated carbocycles. The molecule has 0 atom stereocenters. The van der Waals surface area contributed by atoms with Crippen LogP contribution in [0.25, 0.3) is 0 Å². The SMILES string of the molecule is COc1cc(OC)c(C(O)(I)c2cc(OC)c(OC)cc2OC)cc1OC. The second-order valence-corrected chi connectivity index (χ2v) is 7.00. The van der Waals surface area contributed by atoms with Gasteiger partial charge in [0.15, 0.2) is 26.6 Å². The zero-order valence-electron chi connectivity index (χ0n) is 16.1. The van der Waals surface area contributed by atoms with Gasteiger partial charge in [0.2, 0.25) is 0 Å². The number of rotatable bonds is 8. The van der Waals surface area contributed by atoms with Gasteiger partial charge in [0.1, 0.15) is 11.5 Å². The van der Waals surface area contributed by atoms with Gasteiger partial charge in [0, 0.05) is 23.3 Å². The van der Waals surface area contributed by atoms with E-state index in [9.17, 15) is 5.11 Å². The third-order valence-corrected chi connectivity index (χ3v) is 5.29. The van der Waals surface area contributed by atoms with Gasteiger partial charge in [0.25, 0.3) is 0 Å². The largest absolute Gasteiger partial charge is 0.496 e. The molecule has 0 saturated heterocycles. The van der Waals surface area contributed by atoms with E-state index < -0.39 is 3.61 Å². The summed E-state index contributed by atoms with van der Waals surface area (Å²) in [6.45, 7) is 0. The molecular weight excluding hydrogens is 467 g/mol. The van der Waals surface area contributed by atoms with Crippen LogP contribution in [0.5, 0.6) is 34.5 Å². The van der Waals surface area contributed by atoms with Gasteiger partial charge in [-0.3, -0.25) is 0 Å². The summed E-state index contributed by atoms with van der Waals surface area (Å²) in [5.41, 5.74) is 0.933. The van der Waals surface area contributed by atoms with Gasteiger partial charge < -0.3 is 33.5 Å². The van der Waals surface area contributed by atoms with Gasteiger partial charge >= 0.3 is 0 Å². The second kappa shape index (κ2) is 8.75. The smallest absolute Gasteiger partial charge is 0.173 e. The number of benzene rings is 2. The average Bonchev–Trinajstić information content (AvgIpc) is 2.71. The molecule has 2 aromatic rings. The minimum atomic E-state index is -1.52. The molecule has 0 fully saturated rings. The maximum Gasteiger partial charge on any atom is 0.173 e. The molecule has 8 heteroatoms. The van der Waals surface area contributed by atoms with Crippen molar-refractivity contribution < 1.29 is 33.5 Å². The van der Waals surface area contributed by atoms with E-state index in [-0.39, 0.29) is 0 Å². The Morgan fingerprint density at radius 2 is 0.815 bits per heavy atom. The first-order chi connectivity index (χ1) is 12.9. The molecule has 0 bridgehead atoms. The molecular formula is C19H23IO7. The second-order valence-electron chi connectivity index (χ2n) is 5.44. The lowest BCUT2D eigenvalue weighted by atomic mass is 9.98. The Bertz CT molecular complexity index is 740. The van der Waals surface area contributed by atoms with Crippen molar-refractivity contribution in [3.8, 4) is 34.5 Å². The van der Waals surface area contributed by atoms with Gasteiger partial charge in [-0.2, -0.15) is 0 Å². The van der Waals surface area contributed by atoms with Crippen LogP contribution in [0.15, 0.2) is 24.3 Å². The van der Waals surface area contributed by atoms with Crippen LogP contribution in [0.1, 0.15) is 11.1 Å². The molecule has 0 heterocycles. The summed E-state index contributed by atoms with van der Waals surface area (Å²) in [6.07, 6.45) is 0. The van der Waals surface area contributed by atoms with Crippen molar-refractivity contribution in [2.45, 2.75) is 3.61 Å². The average molecular weight is 490 g/mol. The summed E-state index contributed by atoms with van der Waals surface area (Å²) in [5.74, 6) is 2.77. The number of ether oxygens (including phenoxy) is 6. The van der Waals surface area contributed by atoms with Crippen LogP contribution in [0.4, 0.5) is 0 Å². The van der Waals surface area contributed by atoms with Crippen molar-refractivity contribution in [2.75, 3.05) is 42.7 Å². The monoisotopic (exact) mass is 490 g/mol. The highest BCUT2D eigenvalue weighted by Crippen LogP contribution is 2.50. The van der Waals surface area contributed by atoms with Gasteiger partial charge in [0.05, 0.1) is 42.7 Å². The Balaban J connectivity index is 2.75. The van der Waals surface area contributed by atoms with E-state index in [0.29, 0.717) is 45.6 Å². The Labute approximate surface area is 172 Å². The molecule has 2 aromatic carbocycles. The first kappa shape index (κ1) is 21.2. The molecule has 2 rings (SSSR count). The van der Waals surface area contributed by atoms with E-state index >= 15 is 0 Å². The lowest BCUT2D eigenvalue weighted by molar-refractivity contribution is 0.189. The number of methoxy groups -OCH3 is 6. The highest BCUT2D eigenvalue weighted by molar-refractivity contribution is 14.1. The third-order valence-electron chi connectivity index (χ3n) is 4.13. The minimum absolute atomic E-state index is 0.432. The Morgan fingerprint density at radius 1 is 0.556 bits per heavy atom. The van der Waals surface area contributed by atoms with Crippen LogP contribution >= 0.6 is 22.6 Å². The predicted molar refractivity (Wildman–Crippen MR) is 109 cm³/mol. The third kappa shape index (κ3) is 3.96. The van der Waals surface area contributed by atoms with Crippen molar-refractivity contribution in [2.24, 2.45) is 0 Å². The topological polar surface area (TPSA) is 75.6 Å². The maximum atomic E-state index is 11.5. The lowest BCUT2D eigenvalue weighted by Crippen LogP contribution is -2.21. The lowest BCUT2D eigenvalue weighted by Gasteiger charge is -2.28. The minimum Gasteiger partial charge on any atom is -0.496 e. The van der Waals surface area contributed by atoms with Crippen molar-refractivity contribution in [3.63, 3.8) is 0 Å². The molecule has 0 unspecified atom stereocenters. The summed E-state index contributed by atoms with van der Waals surface area (Å²) >= 11 is 1.92. The highest BCUT2D eigenvalue weighted by atomic mass is 127. The molecule has 0 aliphatic heterocycles. The van der Waals surface area contributed by atoms with Crippen molar-refractivity contribution in [1.82, 2.24) is 0 Å². The van der Waals surface area contributed by atoms with Crippen LogP contribution in [-0.2, 0) is 3.61 Å². The zero-order valence-corrected chi connectivity index (χ0v) is 18.2. The quantitative estimate of drug-likeness (QED) is 0.450. The first-order valence-corrected chi connectivity index (χ1v) is 8.97. The highest BCUT2D eigenvalue weighted by Gasteiger charge is 2.36. The summed E-state index contributed by atoms with van der Waals surface area (Å²) in [4.78, 5) is 0. The Hall–Kier alpha value is -2.07. The fraction of sp³-hybridized carbons (Fsp3) is 0.368. The van der Waals surface area contributed by atoms with Crippen LogP contribution in [0.2, 0.25) is 0 Å². The normalized spacial score (nSPS) is 11.0. The predicted octanol–water partition coefficient (Wildman–Crippen LogP) is 3.37. The molecule has 148 valence electrons. The van der Waals surface area contributed by atoms with Gasteiger partial charge in [-0.1, -0.05) is 0 Å². The molecule has 0 aliphatic carbocycles. The fourth-order valence-corrected chi connectivity index (χ4v) is 3.56. The van der Waals surface area contributed by atoms with E-state index in [1.807, 2.05) is 22.6 Å². The molecule has 7 nitrogen and oxygen atoms in total. The van der Waals surface area contributed by atoms with Crippen molar-refractivity contribution >= 4 is 22.6 Å². The molecule has 0 aromatic heterocycles. The number of aliphatic hydroxyl groups is 1. The van der Waals surface area contributed by atoms with Crippen molar-refractivity contribution in [3.05, 3.63) is 35.4 Å². The van der Waals surface area contributed by atoms with E-state index in [1.54, 1.807) is 24.3 Å². The number of hydrogen-bond acceptors (Lipinski definition) is 7. The fourth-order valence-electron chi connectivity index (χ4n) is 2.72. The molecule has 27 heavy (non-hydrogen) atoms. The first-order valence-electron chi connectivity index (χ1n) is 7.90. The molecule has 0 aliphatic rings. The molecule has 0 radical (unpaired) electrons. The van der Waals surface area contributed by atoms with Gasteiger partial charge in [-0.05, 0) is 34.7 Å². The molecule has 0 amide bonds. The molecule has 1 N–H and O–H groups in total. The Kier molecular flexibility index (Phi) is 6.88. The van der Waals surface area contributed by atoms with E-state index in [2.05, 4.69) is 0 Å². The summed E-state index contributed by atoms with van der Waals surface area (Å²) < 4.78 is 30.8. The Morgan fingerprint density at radius 3 is 1.07 bits per heavy atom. The number of halogens is 1. The maximum absolute atomic E-state index is 11.5. The summed E-state index contributed by atoms with van der Waals surface area (Å²) in [5, 5.41) is 11.5. The number of hydrogen-bond donors (Lipinski definition) is 1. The van der Waals surface area contributed by atoms with E-state index in [1.165, 1.54) is 42.7 Å². The summed E-state index contributed by atoms with van der Waals surface area (Å²) in [6, 6.07) is 6.65. The van der Waals surface area contributed by atoms with Crippen LogP contribution in [0.3, 0.4) is 0 Å². The summed E-state index contributed by atoms with van der Waals surface area (Å²) in [7, 11) is 9.15. The van der Waals surface area contributed by atoms with E-state index in [0.717, 1.165) is 0 Å². The van der Waals surface area contributed by atoms with Crippen molar-refractivity contribution in [1.29, 1.82) is 0 Å².